The van der Waals surface area contributed by atoms with Crippen LogP contribution in [0.25, 0.3) is 10.9 Å². The second-order valence-electron chi connectivity index (χ2n) is 8.15. The minimum absolute atomic E-state index is 0.00532. The predicted octanol–water partition coefficient (Wildman–Crippen LogP) is 3.12. The van der Waals surface area contributed by atoms with Gasteiger partial charge in [-0.1, -0.05) is 6.07 Å². The third-order valence-electron chi connectivity index (χ3n) is 6.29. The van der Waals surface area contributed by atoms with Crippen molar-refractivity contribution < 1.29 is 9.90 Å². The van der Waals surface area contributed by atoms with Crippen LogP contribution in [0.3, 0.4) is 0 Å². The standard InChI is InChI=1S/C23H25N3O2/c27-22-14-26(13-17(22)11-15-7-9-24-10-8-15)23(28)16-5-6-19-18-3-1-2-4-20(18)25-21(19)12-16/h5-10,12,17,22,25,27H,1-4,11,13-14H2. The molecular weight excluding hydrogens is 350 g/mol. The van der Waals surface area contributed by atoms with Gasteiger partial charge in [-0.3, -0.25) is 9.78 Å². The third kappa shape index (κ3) is 3.10. The number of benzene rings is 1. The molecular formula is C23H25N3O2. The molecule has 2 aliphatic rings. The number of nitrogens with zero attached hydrogens (tertiary/aromatic N) is 2. The highest BCUT2D eigenvalue weighted by Gasteiger charge is 2.34. The molecule has 3 heterocycles. The van der Waals surface area contributed by atoms with E-state index in [2.05, 4.69) is 16.0 Å². The summed E-state index contributed by atoms with van der Waals surface area (Å²) >= 11 is 0. The van der Waals surface area contributed by atoms with Gasteiger partial charge >= 0.3 is 0 Å². The fraction of sp³-hybridized carbons (Fsp3) is 0.391. The van der Waals surface area contributed by atoms with E-state index in [4.69, 9.17) is 0 Å². The van der Waals surface area contributed by atoms with E-state index in [1.165, 1.54) is 29.5 Å². The monoisotopic (exact) mass is 375 g/mol. The van der Waals surface area contributed by atoms with Crippen LogP contribution in [0.2, 0.25) is 0 Å². The number of amides is 1. The maximum absolute atomic E-state index is 13.1. The van der Waals surface area contributed by atoms with Gasteiger partial charge in [0, 0.05) is 53.6 Å². The SMILES string of the molecule is O=C(c1ccc2c3c([nH]c2c1)CCCC3)N1CC(O)C(Cc2ccncc2)C1. The van der Waals surface area contributed by atoms with Gasteiger partial charge in [0.2, 0.25) is 0 Å². The number of fused-ring (bicyclic) bond motifs is 3. The first-order valence-electron chi connectivity index (χ1n) is 10.2. The van der Waals surface area contributed by atoms with Crippen LogP contribution in [-0.2, 0) is 19.3 Å². The number of aryl methyl sites for hydroxylation is 2. The molecule has 0 radical (unpaired) electrons. The zero-order valence-electron chi connectivity index (χ0n) is 15.9. The number of aliphatic hydroxyl groups excluding tert-OH is 1. The first-order chi connectivity index (χ1) is 13.7. The fourth-order valence-corrected chi connectivity index (χ4v) is 4.77. The van der Waals surface area contributed by atoms with E-state index >= 15 is 0 Å². The van der Waals surface area contributed by atoms with Crippen molar-refractivity contribution in [1.82, 2.24) is 14.9 Å². The highest BCUT2D eigenvalue weighted by atomic mass is 16.3. The first kappa shape index (κ1) is 17.4. The highest BCUT2D eigenvalue weighted by molar-refractivity contribution is 5.99. The van der Waals surface area contributed by atoms with E-state index in [0.717, 1.165) is 30.3 Å². The lowest BCUT2D eigenvalue weighted by Gasteiger charge is -2.16. The van der Waals surface area contributed by atoms with Crippen molar-refractivity contribution in [3.8, 4) is 0 Å². The molecule has 5 nitrogen and oxygen atoms in total. The summed E-state index contributed by atoms with van der Waals surface area (Å²) in [6.07, 6.45) is 8.51. The van der Waals surface area contributed by atoms with E-state index < -0.39 is 6.10 Å². The lowest BCUT2D eigenvalue weighted by atomic mass is 9.95. The molecule has 1 saturated heterocycles. The molecule has 2 unspecified atom stereocenters. The van der Waals surface area contributed by atoms with Crippen molar-refractivity contribution in [3.63, 3.8) is 0 Å². The van der Waals surface area contributed by atoms with E-state index in [0.29, 0.717) is 18.7 Å². The van der Waals surface area contributed by atoms with Gasteiger partial charge in [0.05, 0.1) is 6.10 Å². The topological polar surface area (TPSA) is 69.2 Å². The summed E-state index contributed by atoms with van der Waals surface area (Å²) in [5.74, 6) is 0.0682. The van der Waals surface area contributed by atoms with E-state index in [1.807, 2.05) is 24.3 Å². The number of H-pyrrole nitrogens is 1. The molecule has 5 rings (SSSR count). The zero-order valence-corrected chi connectivity index (χ0v) is 15.9. The number of rotatable bonds is 3. The largest absolute Gasteiger partial charge is 0.391 e. The molecule has 5 heteroatoms. The molecule has 1 aliphatic carbocycles. The molecule has 2 N–H and O–H groups in total. The number of aromatic nitrogens is 2. The van der Waals surface area contributed by atoms with Crippen molar-refractivity contribution in [3.05, 3.63) is 65.1 Å². The van der Waals surface area contributed by atoms with Crippen LogP contribution in [0.4, 0.5) is 0 Å². The molecule has 28 heavy (non-hydrogen) atoms. The molecule has 144 valence electrons. The molecule has 2 aromatic heterocycles. The average Bonchev–Trinajstić information content (AvgIpc) is 3.28. The quantitative estimate of drug-likeness (QED) is 0.739. The van der Waals surface area contributed by atoms with Crippen LogP contribution in [-0.4, -0.2) is 45.1 Å². The maximum atomic E-state index is 13.1. The Kier molecular flexibility index (Phi) is 4.40. The van der Waals surface area contributed by atoms with Crippen LogP contribution in [0, 0.1) is 5.92 Å². The Labute approximate surface area is 164 Å². The number of β-amino-alcohol motifs (C(OH)–C–C–N with tert-alkyl or cyclic N) is 1. The Morgan fingerprint density at radius 3 is 2.82 bits per heavy atom. The summed E-state index contributed by atoms with van der Waals surface area (Å²) < 4.78 is 0. The molecule has 0 bridgehead atoms. The highest BCUT2D eigenvalue weighted by Crippen LogP contribution is 2.30. The van der Waals surface area contributed by atoms with Gasteiger partial charge in [-0.15, -0.1) is 0 Å². The Hall–Kier alpha value is -2.66. The van der Waals surface area contributed by atoms with Crippen molar-refractivity contribution in [1.29, 1.82) is 0 Å². The number of hydrogen-bond donors (Lipinski definition) is 2. The smallest absolute Gasteiger partial charge is 0.254 e. The maximum Gasteiger partial charge on any atom is 0.254 e. The number of likely N-dealkylation sites (tertiary alicyclic amines) is 1. The Morgan fingerprint density at radius 1 is 1.14 bits per heavy atom. The minimum Gasteiger partial charge on any atom is -0.391 e. The van der Waals surface area contributed by atoms with Gasteiger partial charge in [-0.05, 0) is 67.5 Å². The van der Waals surface area contributed by atoms with Crippen LogP contribution >= 0.6 is 0 Å². The van der Waals surface area contributed by atoms with Crippen molar-refractivity contribution in [2.45, 2.75) is 38.2 Å². The summed E-state index contributed by atoms with van der Waals surface area (Å²) in [7, 11) is 0. The Bertz CT molecular complexity index is 1010. The van der Waals surface area contributed by atoms with Crippen LogP contribution in [0.1, 0.15) is 40.0 Å². The molecule has 0 saturated carbocycles. The number of hydrogen-bond acceptors (Lipinski definition) is 3. The molecule has 1 amide bonds. The summed E-state index contributed by atoms with van der Waals surface area (Å²) in [6, 6.07) is 9.95. The zero-order chi connectivity index (χ0) is 19.1. The van der Waals surface area contributed by atoms with Crippen LogP contribution in [0.15, 0.2) is 42.7 Å². The number of aromatic amines is 1. The molecule has 0 spiro atoms. The van der Waals surface area contributed by atoms with Gasteiger partial charge in [-0.2, -0.15) is 0 Å². The fourth-order valence-electron chi connectivity index (χ4n) is 4.77. The van der Waals surface area contributed by atoms with Gasteiger partial charge in [0.25, 0.3) is 5.91 Å². The molecule has 1 aromatic carbocycles. The molecule has 3 aromatic rings. The van der Waals surface area contributed by atoms with E-state index in [-0.39, 0.29) is 11.8 Å². The minimum atomic E-state index is -0.487. The number of carbonyl (C=O) groups is 1. The van der Waals surface area contributed by atoms with Crippen LogP contribution in [0.5, 0.6) is 0 Å². The number of nitrogens with one attached hydrogen (secondary N) is 1. The second-order valence-corrected chi connectivity index (χ2v) is 8.15. The number of pyridine rings is 1. The predicted molar refractivity (Wildman–Crippen MR) is 108 cm³/mol. The summed E-state index contributed by atoms with van der Waals surface area (Å²) in [5, 5.41) is 11.7. The van der Waals surface area contributed by atoms with E-state index in [9.17, 15) is 9.90 Å². The Balaban J connectivity index is 1.35. The van der Waals surface area contributed by atoms with E-state index in [1.54, 1.807) is 17.3 Å². The average molecular weight is 375 g/mol. The van der Waals surface area contributed by atoms with Crippen molar-refractivity contribution >= 4 is 16.8 Å². The number of aliphatic hydroxyl groups is 1. The van der Waals surface area contributed by atoms with Crippen molar-refractivity contribution in [2.75, 3.05) is 13.1 Å². The lowest BCUT2D eigenvalue weighted by molar-refractivity contribution is 0.0765. The van der Waals surface area contributed by atoms with Gasteiger partial charge in [0.15, 0.2) is 0 Å². The summed E-state index contributed by atoms with van der Waals surface area (Å²) in [4.78, 5) is 22.4. The van der Waals surface area contributed by atoms with Crippen molar-refractivity contribution in [2.24, 2.45) is 5.92 Å². The normalized spacial score (nSPS) is 21.8. The van der Waals surface area contributed by atoms with Gasteiger partial charge in [-0.25, -0.2) is 0 Å². The number of carbonyl (C=O) groups excluding carboxylic acids is 1. The third-order valence-corrected chi connectivity index (χ3v) is 6.29. The lowest BCUT2D eigenvalue weighted by Crippen LogP contribution is -2.29. The summed E-state index contributed by atoms with van der Waals surface area (Å²) in [6.45, 7) is 0.982. The van der Waals surface area contributed by atoms with Gasteiger partial charge in [0.1, 0.15) is 0 Å². The Morgan fingerprint density at radius 2 is 1.96 bits per heavy atom. The van der Waals surface area contributed by atoms with Gasteiger partial charge < -0.3 is 15.0 Å². The second kappa shape index (κ2) is 7.06. The molecule has 2 atom stereocenters. The molecule has 1 fully saturated rings. The van der Waals surface area contributed by atoms with Crippen LogP contribution < -0.4 is 0 Å². The molecule has 1 aliphatic heterocycles. The summed E-state index contributed by atoms with van der Waals surface area (Å²) in [5.41, 5.74) is 5.66. The first-order valence-corrected chi connectivity index (χ1v) is 10.2.